The number of carbonyl (C=O) groups is 2. The van der Waals surface area contributed by atoms with Crippen LogP contribution in [-0.4, -0.2) is 54.2 Å². The number of halogens is 3. The average Bonchev–Trinajstić information content (AvgIpc) is 3.01. The summed E-state index contributed by atoms with van der Waals surface area (Å²) >= 11 is 0. The number of benzene rings is 1. The summed E-state index contributed by atoms with van der Waals surface area (Å²) < 4.78 is 40.6. The van der Waals surface area contributed by atoms with Crippen LogP contribution in [0.4, 0.5) is 13.2 Å². The molecule has 0 N–H and O–H groups in total. The predicted molar refractivity (Wildman–Crippen MR) is 80.4 cm³/mol. The number of rotatable bonds is 4. The minimum atomic E-state index is -4.81. The van der Waals surface area contributed by atoms with Crippen molar-refractivity contribution in [1.29, 1.82) is 0 Å². The van der Waals surface area contributed by atoms with Crippen molar-refractivity contribution in [2.45, 2.75) is 18.8 Å². The van der Waals surface area contributed by atoms with Gasteiger partial charge in [0.15, 0.2) is 0 Å². The Morgan fingerprint density at radius 3 is 2.75 bits per heavy atom. The fourth-order valence-corrected chi connectivity index (χ4v) is 2.58. The summed E-state index contributed by atoms with van der Waals surface area (Å²) in [6.07, 6.45) is -3.01. The number of nitrogens with zero attached hydrogens (tertiary/aromatic N) is 2. The lowest BCUT2D eigenvalue weighted by molar-refractivity contribution is -0.274. The van der Waals surface area contributed by atoms with Crippen LogP contribution in [0.25, 0.3) is 0 Å². The first-order valence-corrected chi connectivity index (χ1v) is 7.25. The molecule has 1 saturated heterocycles. The standard InChI is InChI=1S/C16H17F3N2O3/c1-3-14(22)21-8-7-12(10-21)20(2)15(23)11-5-4-6-13(9-11)24-16(17,18)19/h3-6,9,12H,1,7-8,10H2,2H3/t12-/m0/s1. The minimum Gasteiger partial charge on any atom is -0.406 e. The Hall–Kier alpha value is -2.51. The van der Waals surface area contributed by atoms with Crippen molar-refractivity contribution >= 4 is 11.8 Å². The quantitative estimate of drug-likeness (QED) is 0.790. The summed E-state index contributed by atoms with van der Waals surface area (Å²) in [6.45, 7) is 4.29. The molecule has 130 valence electrons. The van der Waals surface area contributed by atoms with Crippen molar-refractivity contribution < 1.29 is 27.5 Å². The second kappa shape index (κ2) is 6.94. The van der Waals surface area contributed by atoms with Gasteiger partial charge in [-0.15, -0.1) is 13.2 Å². The maximum Gasteiger partial charge on any atom is 0.573 e. The number of carbonyl (C=O) groups excluding carboxylic acids is 2. The van der Waals surface area contributed by atoms with Gasteiger partial charge >= 0.3 is 6.36 Å². The molecule has 1 aliphatic rings. The number of alkyl halides is 3. The molecule has 0 unspecified atom stereocenters. The molecule has 1 fully saturated rings. The van der Waals surface area contributed by atoms with E-state index in [1.807, 2.05) is 0 Å². The van der Waals surface area contributed by atoms with Gasteiger partial charge < -0.3 is 14.5 Å². The zero-order valence-corrected chi connectivity index (χ0v) is 13.0. The molecular formula is C16H17F3N2O3. The molecule has 1 aromatic rings. The Morgan fingerprint density at radius 2 is 2.12 bits per heavy atom. The maximum atomic E-state index is 12.5. The molecule has 1 aromatic carbocycles. The third kappa shape index (κ3) is 4.27. The molecule has 8 heteroatoms. The highest BCUT2D eigenvalue weighted by atomic mass is 19.4. The van der Waals surface area contributed by atoms with Crippen molar-refractivity contribution in [3.05, 3.63) is 42.5 Å². The van der Waals surface area contributed by atoms with E-state index in [4.69, 9.17) is 0 Å². The van der Waals surface area contributed by atoms with Crippen molar-refractivity contribution in [3.63, 3.8) is 0 Å². The van der Waals surface area contributed by atoms with Crippen LogP contribution in [0, 0.1) is 0 Å². The maximum absolute atomic E-state index is 12.5. The zero-order valence-electron chi connectivity index (χ0n) is 13.0. The van der Waals surface area contributed by atoms with Gasteiger partial charge in [0.2, 0.25) is 5.91 Å². The van der Waals surface area contributed by atoms with Gasteiger partial charge in [0.25, 0.3) is 5.91 Å². The van der Waals surface area contributed by atoms with Gasteiger partial charge in [-0.1, -0.05) is 12.6 Å². The van der Waals surface area contributed by atoms with Crippen LogP contribution in [0.3, 0.4) is 0 Å². The summed E-state index contributed by atoms with van der Waals surface area (Å²) in [7, 11) is 1.56. The van der Waals surface area contributed by atoms with Crippen LogP contribution in [0.15, 0.2) is 36.9 Å². The highest BCUT2D eigenvalue weighted by Gasteiger charge is 2.32. The number of likely N-dealkylation sites (tertiary alicyclic amines) is 1. The lowest BCUT2D eigenvalue weighted by Crippen LogP contribution is -2.39. The molecule has 5 nitrogen and oxygen atoms in total. The van der Waals surface area contributed by atoms with Crippen molar-refractivity contribution in [2.24, 2.45) is 0 Å². The SMILES string of the molecule is C=CC(=O)N1CC[C@H](N(C)C(=O)c2cccc(OC(F)(F)F)c2)C1. The van der Waals surface area contributed by atoms with Crippen LogP contribution < -0.4 is 4.74 Å². The Morgan fingerprint density at radius 1 is 1.42 bits per heavy atom. The van der Waals surface area contributed by atoms with Crippen LogP contribution in [0.5, 0.6) is 5.75 Å². The molecular weight excluding hydrogens is 325 g/mol. The third-order valence-electron chi connectivity index (χ3n) is 3.83. The number of hydrogen-bond acceptors (Lipinski definition) is 3. The largest absolute Gasteiger partial charge is 0.573 e. The van der Waals surface area contributed by atoms with Crippen LogP contribution >= 0.6 is 0 Å². The third-order valence-corrected chi connectivity index (χ3v) is 3.83. The summed E-state index contributed by atoms with van der Waals surface area (Å²) in [4.78, 5) is 27.0. The first-order valence-electron chi connectivity index (χ1n) is 7.25. The number of hydrogen-bond donors (Lipinski definition) is 0. The molecule has 2 amide bonds. The fraction of sp³-hybridized carbons (Fsp3) is 0.375. The topological polar surface area (TPSA) is 49.9 Å². The summed E-state index contributed by atoms with van der Waals surface area (Å²) in [5.74, 6) is -1.09. The highest BCUT2D eigenvalue weighted by Crippen LogP contribution is 2.24. The molecule has 1 heterocycles. The first-order chi connectivity index (χ1) is 11.2. The van der Waals surface area contributed by atoms with E-state index in [-0.39, 0.29) is 17.5 Å². The number of ether oxygens (including phenoxy) is 1. The monoisotopic (exact) mass is 342 g/mol. The second-order valence-electron chi connectivity index (χ2n) is 5.42. The average molecular weight is 342 g/mol. The van der Waals surface area contributed by atoms with Crippen molar-refractivity contribution in [3.8, 4) is 5.75 Å². The lowest BCUT2D eigenvalue weighted by Gasteiger charge is -2.25. The van der Waals surface area contributed by atoms with Gasteiger partial charge in [-0.25, -0.2) is 0 Å². The molecule has 24 heavy (non-hydrogen) atoms. The van der Waals surface area contributed by atoms with Crippen molar-refractivity contribution in [1.82, 2.24) is 9.80 Å². The Kier molecular flexibility index (Phi) is 5.16. The van der Waals surface area contributed by atoms with E-state index >= 15 is 0 Å². The Balaban J connectivity index is 2.07. The van der Waals surface area contributed by atoms with Crippen molar-refractivity contribution in [2.75, 3.05) is 20.1 Å². The Labute approximate surface area is 137 Å². The van der Waals surface area contributed by atoms with Gasteiger partial charge in [0, 0.05) is 25.7 Å². The van der Waals surface area contributed by atoms with E-state index in [0.717, 1.165) is 12.1 Å². The molecule has 0 aromatic heterocycles. The summed E-state index contributed by atoms with van der Waals surface area (Å²) in [5.41, 5.74) is 0.0905. The molecule has 1 atom stereocenters. The number of amides is 2. The number of likely N-dealkylation sites (N-methyl/N-ethyl adjacent to an activating group) is 1. The molecule has 1 aliphatic heterocycles. The summed E-state index contributed by atoms with van der Waals surface area (Å²) in [5, 5.41) is 0. The molecule has 2 rings (SSSR count). The molecule has 0 saturated carbocycles. The molecule has 0 radical (unpaired) electrons. The van der Waals surface area contributed by atoms with Gasteiger partial charge in [0.1, 0.15) is 5.75 Å². The predicted octanol–water partition coefficient (Wildman–Crippen LogP) is 2.44. The van der Waals surface area contributed by atoms with E-state index in [2.05, 4.69) is 11.3 Å². The van der Waals surface area contributed by atoms with Gasteiger partial charge in [-0.3, -0.25) is 9.59 Å². The normalized spacial score (nSPS) is 17.5. The van der Waals surface area contributed by atoms with E-state index in [1.54, 1.807) is 11.9 Å². The lowest BCUT2D eigenvalue weighted by atomic mass is 10.1. The molecule has 0 spiro atoms. The second-order valence-corrected chi connectivity index (χ2v) is 5.42. The minimum absolute atomic E-state index is 0.0905. The van der Waals surface area contributed by atoms with E-state index in [0.29, 0.717) is 19.5 Å². The fourth-order valence-electron chi connectivity index (χ4n) is 2.58. The summed E-state index contributed by atoms with van der Waals surface area (Å²) in [6, 6.07) is 4.72. The van der Waals surface area contributed by atoms with Crippen LogP contribution in [0.2, 0.25) is 0 Å². The smallest absolute Gasteiger partial charge is 0.406 e. The van der Waals surface area contributed by atoms with Crippen LogP contribution in [-0.2, 0) is 4.79 Å². The molecule has 0 bridgehead atoms. The van der Waals surface area contributed by atoms with Crippen LogP contribution in [0.1, 0.15) is 16.8 Å². The zero-order chi connectivity index (χ0) is 17.9. The van der Waals surface area contributed by atoms with Gasteiger partial charge in [0.05, 0.1) is 6.04 Å². The highest BCUT2D eigenvalue weighted by molar-refractivity contribution is 5.95. The van der Waals surface area contributed by atoms with E-state index in [9.17, 15) is 22.8 Å². The van der Waals surface area contributed by atoms with E-state index in [1.165, 1.54) is 23.1 Å². The molecule has 0 aliphatic carbocycles. The first kappa shape index (κ1) is 17.8. The van der Waals surface area contributed by atoms with Gasteiger partial charge in [-0.2, -0.15) is 0 Å². The van der Waals surface area contributed by atoms with E-state index < -0.39 is 18.0 Å². The van der Waals surface area contributed by atoms with Gasteiger partial charge in [-0.05, 0) is 30.7 Å². The Bertz CT molecular complexity index is 646.